The molecule has 0 unspecified atom stereocenters. The number of benzene rings is 2. The van der Waals surface area contributed by atoms with E-state index < -0.39 is 5.82 Å². The van der Waals surface area contributed by atoms with Gasteiger partial charge in [-0.05, 0) is 36.8 Å². The van der Waals surface area contributed by atoms with Gasteiger partial charge in [-0.25, -0.2) is 9.37 Å². The third kappa shape index (κ3) is 2.01. The van der Waals surface area contributed by atoms with Gasteiger partial charge in [0.2, 0.25) is 5.95 Å². The van der Waals surface area contributed by atoms with Crippen LogP contribution in [0.5, 0.6) is 0 Å². The fourth-order valence-electron chi connectivity index (χ4n) is 2.19. The van der Waals surface area contributed by atoms with Crippen LogP contribution in [-0.2, 0) is 0 Å². The maximum absolute atomic E-state index is 13.3. The molecule has 0 aliphatic carbocycles. The van der Waals surface area contributed by atoms with Crippen LogP contribution in [0.1, 0.15) is 5.56 Å². The standard InChI is InChI=1S/C14H10Cl2FN3/c1-7-2-3-11-12(4-7)20(14(18)19-11)13-9(15)5-8(17)6-10(13)16/h2-6H,1H3,(H2,18,19). The second kappa shape index (κ2) is 4.65. The van der Waals surface area contributed by atoms with Crippen LogP contribution >= 0.6 is 23.2 Å². The summed E-state index contributed by atoms with van der Waals surface area (Å²) in [4.78, 5) is 4.26. The fraction of sp³-hybridized carbons (Fsp3) is 0.0714. The average Bonchev–Trinajstić information content (AvgIpc) is 2.65. The van der Waals surface area contributed by atoms with E-state index in [0.29, 0.717) is 5.69 Å². The number of anilines is 1. The third-order valence-electron chi connectivity index (χ3n) is 3.04. The first-order valence-electron chi connectivity index (χ1n) is 5.87. The number of nitrogens with zero attached hydrogens (tertiary/aromatic N) is 2. The van der Waals surface area contributed by atoms with Crippen molar-refractivity contribution < 1.29 is 4.39 Å². The summed E-state index contributed by atoms with van der Waals surface area (Å²) < 4.78 is 14.9. The number of hydrogen-bond acceptors (Lipinski definition) is 2. The van der Waals surface area contributed by atoms with E-state index in [1.54, 1.807) is 4.57 Å². The van der Waals surface area contributed by atoms with Crippen LogP contribution in [0.25, 0.3) is 16.7 Å². The summed E-state index contributed by atoms with van der Waals surface area (Å²) in [6.07, 6.45) is 0. The molecule has 0 saturated carbocycles. The van der Waals surface area contributed by atoms with Crippen molar-refractivity contribution in [1.82, 2.24) is 9.55 Å². The zero-order valence-corrected chi connectivity index (χ0v) is 12.0. The Bertz CT molecular complexity index is 804. The number of nitrogen functional groups attached to an aromatic ring is 1. The Morgan fingerprint density at radius 3 is 2.45 bits per heavy atom. The van der Waals surface area contributed by atoms with Gasteiger partial charge >= 0.3 is 0 Å². The van der Waals surface area contributed by atoms with E-state index in [9.17, 15) is 4.39 Å². The molecule has 2 N–H and O–H groups in total. The average molecular weight is 310 g/mol. The molecular weight excluding hydrogens is 300 g/mol. The van der Waals surface area contributed by atoms with Crippen LogP contribution in [0.4, 0.5) is 10.3 Å². The summed E-state index contributed by atoms with van der Waals surface area (Å²) >= 11 is 12.2. The van der Waals surface area contributed by atoms with Gasteiger partial charge in [-0.2, -0.15) is 0 Å². The summed E-state index contributed by atoms with van der Waals surface area (Å²) in [5.74, 6) is -0.246. The van der Waals surface area contributed by atoms with Gasteiger partial charge in [0, 0.05) is 0 Å². The smallest absolute Gasteiger partial charge is 0.206 e. The third-order valence-corrected chi connectivity index (χ3v) is 3.62. The molecule has 6 heteroatoms. The molecule has 0 saturated heterocycles. The van der Waals surface area contributed by atoms with Crippen molar-refractivity contribution in [3.8, 4) is 5.69 Å². The number of imidazole rings is 1. The fourth-order valence-corrected chi connectivity index (χ4v) is 2.82. The quantitative estimate of drug-likeness (QED) is 0.725. The van der Waals surface area contributed by atoms with E-state index in [-0.39, 0.29) is 16.0 Å². The van der Waals surface area contributed by atoms with Crippen molar-refractivity contribution in [3.05, 3.63) is 51.8 Å². The number of aryl methyl sites for hydroxylation is 1. The molecule has 0 radical (unpaired) electrons. The van der Waals surface area contributed by atoms with E-state index in [1.807, 2.05) is 25.1 Å². The summed E-state index contributed by atoms with van der Waals surface area (Å²) in [7, 11) is 0. The monoisotopic (exact) mass is 309 g/mol. The molecule has 3 rings (SSSR count). The topological polar surface area (TPSA) is 43.8 Å². The summed E-state index contributed by atoms with van der Waals surface area (Å²) in [6.45, 7) is 1.96. The molecule has 1 heterocycles. The van der Waals surface area contributed by atoms with Gasteiger partial charge in [-0.1, -0.05) is 29.3 Å². The second-order valence-corrected chi connectivity index (χ2v) is 5.33. The van der Waals surface area contributed by atoms with Crippen LogP contribution in [-0.4, -0.2) is 9.55 Å². The van der Waals surface area contributed by atoms with Crippen molar-refractivity contribution in [2.75, 3.05) is 5.73 Å². The Morgan fingerprint density at radius 1 is 1.15 bits per heavy atom. The largest absolute Gasteiger partial charge is 0.369 e. The molecule has 3 nitrogen and oxygen atoms in total. The van der Waals surface area contributed by atoms with Crippen LogP contribution in [0.2, 0.25) is 10.0 Å². The molecule has 1 aromatic heterocycles. The molecule has 20 heavy (non-hydrogen) atoms. The Morgan fingerprint density at radius 2 is 1.80 bits per heavy atom. The summed E-state index contributed by atoms with van der Waals surface area (Å²) in [6, 6.07) is 8.12. The zero-order valence-electron chi connectivity index (χ0n) is 10.5. The first kappa shape index (κ1) is 13.2. The minimum absolute atomic E-state index is 0.183. The normalized spacial score (nSPS) is 11.2. The van der Waals surface area contributed by atoms with Gasteiger partial charge in [0.05, 0.1) is 26.8 Å². The highest BCUT2D eigenvalue weighted by Crippen LogP contribution is 2.34. The minimum atomic E-state index is -0.497. The molecule has 2 aromatic carbocycles. The van der Waals surface area contributed by atoms with Crippen molar-refractivity contribution in [2.24, 2.45) is 0 Å². The Labute approximate surface area is 124 Å². The summed E-state index contributed by atoms with van der Waals surface area (Å²) in [5, 5.41) is 0.366. The van der Waals surface area contributed by atoms with Crippen molar-refractivity contribution >= 4 is 40.2 Å². The van der Waals surface area contributed by atoms with E-state index in [0.717, 1.165) is 16.6 Å². The predicted octanol–water partition coefficient (Wildman–Crippen LogP) is 4.36. The highest BCUT2D eigenvalue weighted by molar-refractivity contribution is 6.38. The van der Waals surface area contributed by atoms with Crippen LogP contribution in [0.15, 0.2) is 30.3 Å². The molecule has 0 spiro atoms. The molecule has 0 amide bonds. The molecule has 0 atom stereocenters. The van der Waals surface area contributed by atoms with Gasteiger partial charge in [0.15, 0.2) is 0 Å². The van der Waals surface area contributed by atoms with Gasteiger partial charge in [-0.15, -0.1) is 0 Å². The van der Waals surface area contributed by atoms with E-state index >= 15 is 0 Å². The first-order valence-corrected chi connectivity index (χ1v) is 6.62. The van der Waals surface area contributed by atoms with E-state index in [2.05, 4.69) is 4.98 Å². The molecule has 3 aromatic rings. The van der Waals surface area contributed by atoms with Gasteiger partial charge in [0.25, 0.3) is 0 Å². The molecule has 0 bridgehead atoms. The van der Waals surface area contributed by atoms with Gasteiger partial charge in [0.1, 0.15) is 5.82 Å². The van der Waals surface area contributed by atoms with Crippen molar-refractivity contribution in [3.63, 3.8) is 0 Å². The number of aromatic nitrogens is 2. The molecule has 0 fully saturated rings. The Kier molecular flexibility index (Phi) is 3.07. The Hall–Kier alpha value is -1.78. The van der Waals surface area contributed by atoms with Gasteiger partial charge < -0.3 is 5.73 Å². The summed E-state index contributed by atoms with van der Waals surface area (Å²) in [5.41, 5.74) is 8.93. The number of fused-ring (bicyclic) bond motifs is 1. The van der Waals surface area contributed by atoms with Crippen LogP contribution in [0.3, 0.4) is 0 Å². The first-order chi connectivity index (χ1) is 9.47. The number of hydrogen-bond donors (Lipinski definition) is 1. The van der Waals surface area contributed by atoms with Crippen molar-refractivity contribution in [2.45, 2.75) is 6.92 Å². The lowest BCUT2D eigenvalue weighted by molar-refractivity contribution is 0.627. The molecule has 102 valence electrons. The highest BCUT2D eigenvalue weighted by atomic mass is 35.5. The number of halogens is 3. The SMILES string of the molecule is Cc1ccc2nc(N)n(-c3c(Cl)cc(F)cc3Cl)c2c1. The number of nitrogens with two attached hydrogens (primary N) is 1. The highest BCUT2D eigenvalue weighted by Gasteiger charge is 2.17. The lowest BCUT2D eigenvalue weighted by Gasteiger charge is -2.11. The lowest BCUT2D eigenvalue weighted by Crippen LogP contribution is -2.02. The molecule has 0 aliphatic rings. The molecule has 0 aliphatic heterocycles. The van der Waals surface area contributed by atoms with Crippen LogP contribution in [0, 0.1) is 12.7 Å². The lowest BCUT2D eigenvalue weighted by atomic mass is 10.2. The van der Waals surface area contributed by atoms with E-state index in [1.165, 1.54) is 12.1 Å². The van der Waals surface area contributed by atoms with E-state index in [4.69, 9.17) is 28.9 Å². The maximum Gasteiger partial charge on any atom is 0.206 e. The maximum atomic E-state index is 13.3. The van der Waals surface area contributed by atoms with Crippen molar-refractivity contribution in [1.29, 1.82) is 0 Å². The van der Waals surface area contributed by atoms with Crippen LogP contribution < -0.4 is 5.73 Å². The zero-order chi connectivity index (χ0) is 14.4. The van der Waals surface area contributed by atoms with Gasteiger partial charge in [-0.3, -0.25) is 4.57 Å². The second-order valence-electron chi connectivity index (χ2n) is 4.52. The Balaban J connectivity index is 2.40. The number of rotatable bonds is 1. The molecular formula is C14H10Cl2FN3. The minimum Gasteiger partial charge on any atom is -0.369 e. The predicted molar refractivity (Wildman–Crippen MR) is 80.2 cm³/mol.